The Morgan fingerprint density at radius 3 is 2.74 bits per heavy atom. The Morgan fingerprint density at radius 1 is 1.48 bits per heavy atom. The predicted octanol–water partition coefficient (Wildman–Crippen LogP) is 1.66. The van der Waals surface area contributed by atoms with Gasteiger partial charge < -0.3 is 15.4 Å². The lowest BCUT2D eigenvalue weighted by atomic mass is 9.97. The molecule has 120 valence electrons. The summed E-state index contributed by atoms with van der Waals surface area (Å²) in [6.45, 7) is 0.943. The third-order valence-corrected chi connectivity index (χ3v) is 4.64. The number of hydrogen-bond acceptors (Lipinski definition) is 4. The molecule has 3 rings (SSSR count). The number of thiocarbonyl (C=S) groups is 1. The second-order valence-electron chi connectivity index (χ2n) is 5.82. The number of carbonyl (C=O) groups excluding carboxylic acids is 1. The monoisotopic (exact) mass is 330 g/mol. The van der Waals surface area contributed by atoms with Gasteiger partial charge in [0.2, 0.25) is 0 Å². The molecule has 1 saturated carbocycles. The van der Waals surface area contributed by atoms with Crippen LogP contribution in [0.2, 0.25) is 0 Å². The van der Waals surface area contributed by atoms with Gasteiger partial charge in [0.1, 0.15) is 6.10 Å². The summed E-state index contributed by atoms with van der Waals surface area (Å²) < 4.78 is 5.34. The quantitative estimate of drug-likeness (QED) is 0.818. The van der Waals surface area contributed by atoms with E-state index in [0.717, 1.165) is 24.1 Å². The van der Waals surface area contributed by atoms with Crippen molar-refractivity contribution in [1.29, 1.82) is 5.26 Å². The molecule has 1 amide bonds. The van der Waals surface area contributed by atoms with Crippen LogP contribution in [0.15, 0.2) is 24.3 Å². The zero-order chi connectivity index (χ0) is 16.4. The number of anilines is 1. The molecule has 1 saturated heterocycles. The molecular weight excluding hydrogens is 312 g/mol. The van der Waals surface area contributed by atoms with E-state index in [1.165, 1.54) is 0 Å². The molecule has 1 atom stereocenters. The van der Waals surface area contributed by atoms with Gasteiger partial charge >= 0.3 is 6.09 Å². The molecule has 1 aromatic carbocycles. The number of cyclic esters (lactones) is 1. The SMILES string of the molecule is CNC(=S)NC[C@H]1CN(c2ccc(C3(C#N)CC3)cc2)C(=O)O1. The average Bonchev–Trinajstić information content (AvgIpc) is 3.30. The van der Waals surface area contributed by atoms with E-state index < -0.39 is 0 Å². The van der Waals surface area contributed by atoms with E-state index >= 15 is 0 Å². The Bertz CT molecular complexity index is 664. The topological polar surface area (TPSA) is 77.4 Å². The Balaban J connectivity index is 1.64. The van der Waals surface area contributed by atoms with Gasteiger partial charge in [-0.25, -0.2) is 4.79 Å². The van der Waals surface area contributed by atoms with E-state index in [1.54, 1.807) is 11.9 Å². The Morgan fingerprint density at radius 2 is 2.17 bits per heavy atom. The second kappa shape index (κ2) is 6.05. The number of ether oxygens (including phenoxy) is 1. The van der Waals surface area contributed by atoms with E-state index in [2.05, 4.69) is 16.7 Å². The number of nitrogens with one attached hydrogen (secondary N) is 2. The highest BCUT2D eigenvalue weighted by molar-refractivity contribution is 7.80. The van der Waals surface area contributed by atoms with Gasteiger partial charge in [0.05, 0.1) is 24.6 Å². The van der Waals surface area contributed by atoms with Crippen molar-refractivity contribution in [1.82, 2.24) is 10.6 Å². The maximum atomic E-state index is 12.0. The molecule has 1 heterocycles. The largest absolute Gasteiger partial charge is 0.442 e. The van der Waals surface area contributed by atoms with Gasteiger partial charge in [0.15, 0.2) is 5.11 Å². The van der Waals surface area contributed by atoms with Crippen LogP contribution in [-0.2, 0) is 10.2 Å². The van der Waals surface area contributed by atoms with Crippen LogP contribution in [-0.4, -0.2) is 37.4 Å². The first-order chi connectivity index (χ1) is 11.1. The van der Waals surface area contributed by atoms with Crippen molar-refractivity contribution in [2.24, 2.45) is 0 Å². The van der Waals surface area contributed by atoms with Crippen LogP contribution in [0.25, 0.3) is 0 Å². The van der Waals surface area contributed by atoms with Crippen LogP contribution in [0.4, 0.5) is 10.5 Å². The first-order valence-corrected chi connectivity index (χ1v) is 7.94. The van der Waals surface area contributed by atoms with E-state index in [-0.39, 0.29) is 17.6 Å². The zero-order valence-electron chi connectivity index (χ0n) is 12.8. The molecule has 0 aromatic heterocycles. The highest BCUT2D eigenvalue weighted by Gasteiger charge is 2.44. The van der Waals surface area contributed by atoms with Crippen molar-refractivity contribution >= 4 is 29.1 Å². The summed E-state index contributed by atoms with van der Waals surface area (Å²) >= 11 is 5.01. The molecule has 0 spiro atoms. The van der Waals surface area contributed by atoms with Crippen molar-refractivity contribution in [2.45, 2.75) is 24.4 Å². The molecule has 0 bridgehead atoms. The molecule has 2 N–H and O–H groups in total. The van der Waals surface area contributed by atoms with Gasteiger partial charge in [0.25, 0.3) is 0 Å². The van der Waals surface area contributed by atoms with Crippen LogP contribution < -0.4 is 15.5 Å². The fraction of sp³-hybridized carbons (Fsp3) is 0.438. The van der Waals surface area contributed by atoms with Crippen molar-refractivity contribution in [3.63, 3.8) is 0 Å². The highest BCUT2D eigenvalue weighted by Crippen LogP contribution is 2.47. The minimum atomic E-state index is -0.360. The first kappa shape index (κ1) is 15.6. The highest BCUT2D eigenvalue weighted by atomic mass is 32.1. The molecule has 1 aliphatic heterocycles. The lowest BCUT2D eigenvalue weighted by molar-refractivity contribution is 0.143. The zero-order valence-corrected chi connectivity index (χ0v) is 13.7. The van der Waals surface area contributed by atoms with Gasteiger partial charge in [-0.2, -0.15) is 5.26 Å². The van der Waals surface area contributed by atoms with Crippen molar-refractivity contribution in [2.75, 3.05) is 25.0 Å². The molecule has 1 aliphatic carbocycles. The summed E-state index contributed by atoms with van der Waals surface area (Å²) in [6.07, 6.45) is 1.21. The number of carbonyl (C=O) groups is 1. The lowest BCUT2D eigenvalue weighted by Crippen LogP contribution is -2.39. The Kier molecular flexibility index (Phi) is 4.09. The molecule has 0 radical (unpaired) electrons. The Labute approximate surface area is 140 Å². The third-order valence-electron chi connectivity index (χ3n) is 4.29. The summed E-state index contributed by atoms with van der Waals surface area (Å²) in [5, 5.41) is 15.6. The number of amides is 1. The van der Waals surface area contributed by atoms with E-state index in [0.29, 0.717) is 18.2 Å². The fourth-order valence-electron chi connectivity index (χ4n) is 2.68. The lowest BCUT2D eigenvalue weighted by Gasteiger charge is -2.15. The molecule has 2 aliphatic rings. The minimum Gasteiger partial charge on any atom is -0.442 e. The number of rotatable bonds is 4. The summed E-state index contributed by atoms with van der Waals surface area (Å²) in [7, 11) is 1.73. The molecular formula is C16H18N4O2S. The normalized spacial score (nSPS) is 21.3. The number of hydrogen-bond donors (Lipinski definition) is 2. The van der Waals surface area contributed by atoms with E-state index in [4.69, 9.17) is 17.0 Å². The van der Waals surface area contributed by atoms with Crippen LogP contribution in [0.5, 0.6) is 0 Å². The summed E-state index contributed by atoms with van der Waals surface area (Å²) in [5.41, 5.74) is 1.50. The standard InChI is InChI=1S/C16H18N4O2S/c1-18-14(23)19-8-13-9-20(15(21)22-13)12-4-2-11(3-5-12)16(10-17)6-7-16/h2-5,13H,6-9H2,1H3,(H2,18,19,23)/t13-/m0/s1. The van der Waals surface area contributed by atoms with Gasteiger partial charge in [-0.3, -0.25) is 4.90 Å². The number of nitriles is 1. The molecule has 7 heteroatoms. The van der Waals surface area contributed by atoms with Crippen LogP contribution >= 0.6 is 12.2 Å². The number of benzene rings is 1. The van der Waals surface area contributed by atoms with Crippen molar-refractivity contribution in [3.8, 4) is 6.07 Å². The van der Waals surface area contributed by atoms with Crippen molar-refractivity contribution < 1.29 is 9.53 Å². The number of nitrogens with zero attached hydrogens (tertiary/aromatic N) is 2. The molecule has 6 nitrogen and oxygen atoms in total. The minimum absolute atomic E-state index is 0.248. The first-order valence-electron chi connectivity index (χ1n) is 7.53. The maximum Gasteiger partial charge on any atom is 0.414 e. The fourth-order valence-corrected chi connectivity index (χ4v) is 2.77. The summed E-state index contributed by atoms with van der Waals surface area (Å²) in [4.78, 5) is 13.6. The van der Waals surface area contributed by atoms with Crippen LogP contribution in [0.1, 0.15) is 18.4 Å². The van der Waals surface area contributed by atoms with Crippen LogP contribution in [0, 0.1) is 11.3 Å². The molecule has 0 unspecified atom stereocenters. The molecule has 23 heavy (non-hydrogen) atoms. The summed E-state index contributed by atoms with van der Waals surface area (Å²) in [5.74, 6) is 0. The smallest absolute Gasteiger partial charge is 0.414 e. The third kappa shape index (κ3) is 3.08. The summed E-state index contributed by atoms with van der Waals surface area (Å²) in [6, 6.07) is 9.99. The van der Waals surface area contributed by atoms with Gasteiger partial charge in [0, 0.05) is 12.7 Å². The maximum absolute atomic E-state index is 12.0. The molecule has 1 aromatic rings. The van der Waals surface area contributed by atoms with Gasteiger partial charge in [-0.1, -0.05) is 12.1 Å². The van der Waals surface area contributed by atoms with E-state index in [9.17, 15) is 10.1 Å². The van der Waals surface area contributed by atoms with Crippen LogP contribution in [0.3, 0.4) is 0 Å². The average molecular weight is 330 g/mol. The molecule has 2 fully saturated rings. The van der Waals surface area contributed by atoms with E-state index in [1.807, 2.05) is 24.3 Å². The second-order valence-corrected chi connectivity index (χ2v) is 6.23. The van der Waals surface area contributed by atoms with Gasteiger partial charge in [-0.05, 0) is 42.8 Å². The predicted molar refractivity (Wildman–Crippen MR) is 90.2 cm³/mol. The van der Waals surface area contributed by atoms with Gasteiger partial charge in [-0.15, -0.1) is 0 Å². The Hall–Kier alpha value is -2.33. The van der Waals surface area contributed by atoms with Crippen molar-refractivity contribution in [3.05, 3.63) is 29.8 Å².